The molecule has 0 spiro atoms. The largest absolute Gasteiger partial charge is 0.363 e. The zero-order chi connectivity index (χ0) is 21.7. The molecule has 0 saturated heterocycles. The maximum absolute atomic E-state index is 12.5. The predicted octanol–water partition coefficient (Wildman–Crippen LogP) is 1.59. The summed E-state index contributed by atoms with van der Waals surface area (Å²) in [7, 11) is 3.91. The van der Waals surface area contributed by atoms with E-state index < -0.39 is 11.9 Å². The molecule has 1 amide bonds. The van der Waals surface area contributed by atoms with E-state index in [1.807, 2.05) is 67.7 Å². The number of rotatable bonds is 9. The summed E-state index contributed by atoms with van der Waals surface area (Å²) in [6.07, 6.45) is 2.70. The van der Waals surface area contributed by atoms with E-state index in [0.29, 0.717) is 19.5 Å². The molecule has 0 aliphatic carbocycles. The van der Waals surface area contributed by atoms with E-state index in [0.717, 1.165) is 29.2 Å². The van der Waals surface area contributed by atoms with Gasteiger partial charge in [-0.1, -0.05) is 30.3 Å². The Bertz CT molecular complexity index is 1010. The van der Waals surface area contributed by atoms with Crippen LogP contribution in [-0.4, -0.2) is 56.6 Å². The fourth-order valence-corrected chi connectivity index (χ4v) is 3.46. The molecule has 0 saturated carbocycles. The van der Waals surface area contributed by atoms with Crippen molar-refractivity contribution < 1.29 is 9.59 Å². The Hall–Kier alpha value is -3.49. The number of aldehydes is 1. The van der Waals surface area contributed by atoms with E-state index in [4.69, 9.17) is 0 Å². The highest BCUT2D eigenvalue weighted by molar-refractivity contribution is 5.92. The van der Waals surface area contributed by atoms with Crippen LogP contribution in [0, 0.1) is 13.8 Å². The molecule has 2 heterocycles. The standard InChI is InChI=1S/C21H27N7O2/c1-15-21(26(3)4)28(16(2)23-15)11-10-18(13-29)24-20(30)19-22-14-27(25-19)12-17-8-6-5-7-9-17/h5-9,13-14,18H,10-12H2,1-4H3,(H,24,30). The maximum atomic E-state index is 12.5. The van der Waals surface area contributed by atoms with E-state index in [-0.39, 0.29) is 5.82 Å². The average molecular weight is 409 g/mol. The normalized spacial score (nSPS) is 11.9. The van der Waals surface area contributed by atoms with Crippen molar-refractivity contribution in [2.24, 2.45) is 0 Å². The summed E-state index contributed by atoms with van der Waals surface area (Å²) in [5.41, 5.74) is 1.99. The molecule has 9 nitrogen and oxygen atoms in total. The lowest BCUT2D eigenvalue weighted by Crippen LogP contribution is -2.37. The van der Waals surface area contributed by atoms with E-state index in [2.05, 4.69) is 20.4 Å². The second kappa shape index (κ2) is 9.34. The lowest BCUT2D eigenvalue weighted by Gasteiger charge is -2.19. The number of carbonyl (C=O) groups excluding carboxylic acids is 2. The van der Waals surface area contributed by atoms with Gasteiger partial charge in [0.15, 0.2) is 0 Å². The molecule has 158 valence electrons. The minimum Gasteiger partial charge on any atom is -0.363 e. The first-order chi connectivity index (χ1) is 14.4. The monoisotopic (exact) mass is 409 g/mol. The fourth-order valence-electron chi connectivity index (χ4n) is 3.46. The first kappa shape index (κ1) is 21.2. The molecule has 0 aliphatic heterocycles. The highest BCUT2D eigenvalue weighted by Gasteiger charge is 2.19. The summed E-state index contributed by atoms with van der Waals surface area (Å²) in [6.45, 7) is 4.96. The smallest absolute Gasteiger partial charge is 0.291 e. The second-order valence-electron chi connectivity index (χ2n) is 7.37. The van der Waals surface area contributed by atoms with Gasteiger partial charge >= 0.3 is 0 Å². The van der Waals surface area contributed by atoms with Crippen molar-refractivity contribution in [1.29, 1.82) is 0 Å². The number of hydrogen-bond acceptors (Lipinski definition) is 6. The average Bonchev–Trinajstić information content (AvgIpc) is 3.29. The number of aromatic nitrogens is 5. The molecule has 0 bridgehead atoms. The van der Waals surface area contributed by atoms with Gasteiger partial charge in [-0.2, -0.15) is 0 Å². The van der Waals surface area contributed by atoms with Crippen LogP contribution < -0.4 is 10.2 Å². The van der Waals surface area contributed by atoms with Crippen LogP contribution in [0.1, 0.15) is 34.1 Å². The van der Waals surface area contributed by atoms with Crippen molar-refractivity contribution in [2.45, 2.75) is 39.4 Å². The van der Waals surface area contributed by atoms with Gasteiger partial charge in [-0.3, -0.25) is 4.79 Å². The third-order valence-corrected chi connectivity index (χ3v) is 4.79. The van der Waals surface area contributed by atoms with Crippen LogP contribution in [0.3, 0.4) is 0 Å². The van der Waals surface area contributed by atoms with Crippen molar-refractivity contribution in [3.63, 3.8) is 0 Å². The van der Waals surface area contributed by atoms with Crippen LogP contribution in [0.15, 0.2) is 36.7 Å². The molecule has 1 N–H and O–H groups in total. The zero-order valence-electron chi connectivity index (χ0n) is 17.7. The summed E-state index contributed by atoms with van der Waals surface area (Å²) < 4.78 is 3.64. The molecule has 9 heteroatoms. The van der Waals surface area contributed by atoms with Crippen LogP contribution in [0.25, 0.3) is 0 Å². The van der Waals surface area contributed by atoms with Crippen LogP contribution >= 0.6 is 0 Å². The predicted molar refractivity (Wildman–Crippen MR) is 114 cm³/mol. The molecule has 1 aromatic carbocycles. The summed E-state index contributed by atoms with van der Waals surface area (Å²) in [6, 6.07) is 9.14. The third kappa shape index (κ3) is 4.91. The summed E-state index contributed by atoms with van der Waals surface area (Å²) >= 11 is 0. The van der Waals surface area contributed by atoms with Crippen molar-refractivity contribution in [3.05, 3.63) is 59.6 Å². The fraction of sp³-hybridized carbons (Fsp3) is 0.381. The first-order valence-corrected chi connectivity index (χ1v) is 9.79. The molecule has 0 fully saturated rings. The van der Waals surface area contributed by atoms with E-state index in [9.17, 15) is 9.59 Å². The number of nitrogens with zero attached hydrogens (tertiary/aromatic N) is 6. The van der Waals surface area contributed by atoms with Crippen molar-refractivity contribution in [1.82, 2.24) is 29.6 Å². The molecular weight excluding hydrogens is 382 g/mol. The number of imidazole rings is 1. The lowest BCUT2D eigenvalue weighted by molar-refractivity contribution is -0.109. The molecule has 1 unspecified atom stereocenters. The van der Waals surface area contributed by atoms with E-state index >= 15 is 0 Å². The van der Waals surface area contributed by atoms with Gasteiger partial charge in [-0.15, -0.1) is 5.10 Å². The number of hydrogen-bond donors (Lipinski definition) is 1. The van der Waals surface area contributed by atoms with Gasteiger partial charge in [0, 0.05) is 20.6 Å². The van der Waals surface area contributed by atoms with Crippen molar-refractivity contribution in [3.8, 4) is 0 Å². The molecule has 1 atom stereocenters. The van der Waals surface area contributed by atoms with Crippen LogP contribution in [-0.2, 0) is 17.9 Å². The van der Waals surface area contributed by atoms with Gasteiger partial charge in [0.25, 0.3) is 5.91 Å². The Morgan fingerprint density at radius 3 is 2.63 bits per heavy atom. The van der Waals surface area contributed by atoms with E-state index in [1.54, 1.807) is 4.68 Å². The quantitative estimate of drug-likeness (QED) is 0.539. The number of amides is 1. The molecule has 2 aromatic heterocycles. The number of nitrogens with one attached hydrogen (secondary N) is 1. The van der Waals surface area contributed by atoms with Gasteiger partial charge in [0.2, 0.25) is 5.82 Å². The minimum atomic E-state index is -0.643. The molecule has 3 aromatic rings. The van der Waals surface area contributed by atoms with Gasteiger partial charge < -0.3 is 19.6 Å². The van der Waals surface area contributed by atoms with Gasteiger partial charge in [0.05, 0.1) is 18.3 Å². The number of carbonyl (C=O) groups is 2. The Labute approximate surface area is 175 Å². The summed E-state index contributed by atoms with van der Waals surface area (Å²) in [4.78, 5) is 34.6. The minimum absolute atomic E-state index is 0.0430. The van der Waals surface area contributed by atoms with Crippen LogP contribution in [0.2, 0.25) is 0 Å². The summed E-state index contributed by atoms with van der Waals surface area (Å²) in [5, 5.41) is 6.93. The topological polar surface area (TPSA) is 97.9 Å². The molecule has 30 heavy (non-hydrogen) atoms. The third-order valence-electron chi connectivity index (χ3n) is 4.79. The number of aryl methyl sites for hydroxylation is 2. The molecule has 3 rings (SSSR count). The van der Waals surface area contributed by atoms with Gasteiger partial charge in [-0.25, -0.2) is 14.6 Å². The van der Waals surface area contributed by atoms with E-state index in [1.165, 1.54) is 6.33 Å². The van der Waals surface area contributed by atoms with Crippen molar-refractivity contribution in [2.75, 3.05) is 19.0 Å². The molecular formula is C21H27N7O2. The van der Waals surface area contributed by atoms with Gasteiger partial charge in [-0.05, 0) is 25.8 Å². The Morgan fingerprint density at radius 2 is 1.97 bits per heavy atom. The number of benzene rings is 1. The molecule has 0 aliphatic rings. The van der Waals surface area contributed by atoms with Crippen molar-refractivity contribution >= 4 is 18.0 Å². The highest BCUT2D eigenvalue weighted by atomic mass is 16.2. The lowest BCUT2D eigenvalue weighted by atomic mass is 10.2. The Morgan fingerprint density at radius 1 is 1.23 bits per heavy atom. The van der Waals surface area contributed by atoms with Gasteiger partial charge in [0.1, 0.15) is 24.3 Å². The SMILES string of the molecule is Cc1nc(C)n(CCC(C=O)NC(=O)c2ncn(Cc3ccccc3)n2)c1N(C)C. The second-order valence-corrected chi connectivity index (χ2v) is 7.37. The maximum Gasteiger partial charge on any atom is 0.291 e. The zero-order valence-corrected chi connectivity index (χ0v) is 17.7. The summed E-state index contributed by atoms with van der Waals surface area (Å²) in [5.74, 6) is 1.44. The highest BCUT2D eigenvalue weighted by Crippen LogP contribution is 2.20. The van der Waals surface area contributed by atoms with Crippen LogP contribution in [0.5, 0.6) is 0 Å². The van der Waals surface area contributed by atoms with Crippen LogP contribution in [0.4, 0.5) is 5.82 Å². The first-order valence-electron chi connectivity index (χ1n) is 9.79. The Balaban J connectivity index is 1.61. The molecule has 0 radical (unpaired) electrons. The number of anilines is 1. The Kier molecular flexibility index (Phi) is 6.61.